The first kappa shape index (κ1) is 13.9. The molecule has 0 unspecified atom stereocenters. The molecular weight excluding hydrogens is 330 g/mol. The molecule has 0 saturated heterocycles. The third-order valence-corrected chi connectivity index (χ3v) is 3.28. The van der Waals surface area contributed by atoms with E-state index in [1.807, 2.05) is 12.1 Å². The Morgan fingerprint density at radius 3 is 2.79 bits per heavy atom. The van der Waals surface area contributed by atoms with Crippen LogP contribution in [0.5, 0.6) is 11.5 Å². The summed E-state index contributed by atoms with van der Waals surface area (Å²) in [7, 11) is 1.50. The molecule has 0 aliphatic rings. The van der Waals surface area contributed by atoms with Crippen molar-refractivity contribution in [1.29, 1.82) is 0 Å². The van der Waals surface area contributed by atoms with Gasteiger partial charge in [0.25, 0.3) is 0 Å². The van der Waals surface area contributed by atoms with Gasteiger partial charge in [0.2, 0.25) is 0 Å². The smallest absolute Gasteiger partial charge is 0.172 e. The van der Waals surface area contributed by atoms with Crippen molar-refractivity contribution < 1.29 is 9.84 Å². The van der Waals surface area contributed by atoms with Crippen molar-refractivity contribution in [2.45, 2.75) is 0 Å². The Morgan fingerprint density at radius 2 is 2.11 bits per heavy atom. The van der Waals surface area contributed by atoms with E-state index in [0.717, 1.165) is 11.3 Å². The van der Waals surface area contributed by atoms with E-state index in [1.165, 1.54) is 7.11 Å². The highest BCUT2D eigenvalue weighted by atomic mass is 79.9. The van der Waals surface area contributed by atoms with Crippen LogP contribution < -0.4 is 4.74 Å². The lowest BCUT2D eigenvalue weighted by molar-refractivity contribution is 0.372. The van der Waals surface area contributed by atoms with Gasteiger partial charge in [-0.2, -0.15) is 0 Å². The van der Waals surface area contributed by atoms with Crippen molar-refractivity contribution >= 4 is 39.4 Å². The Balaban J connectivity index is 2.31. The molecule has 3 nitrogen and oxygen atoms in total. The Bertz CT molecular complexity index is 629. The highest BCUT2D eigenvalue weighted by molar-refractivity contribution is 9.10. The quantitative estimate of drug-likeness (QED) is 0.832. The minimum absolute atomic E-state index is 0.0717. The Labute approximate surface area is 124 Å². The Morgan fingerprint density at radius 1 is 1.32 bits per heavy atom. The summed E-state index contributed by atoms with van der Waals surface area (Å²) in [6.45, 7) is 0. The number of phenolic OH excluding ortho intramolecular Hbond substituents is 1. The number of aromatic hydroxyl groups is 1. The van der Waals surface area contributed by atoms with Gasteiger partial charge in [0.15, 0.2) is 11.5 Å². The van der Waals surface area contributed by atoms with Crippen LogP contribution in [0.4, 0.5) is 5.69 Å². The van der Waals surface area contributed by atoms with Gasteiger partial charge in [-0.05, 0) is 51.8 Å². The summed E-state index contributed by atoms with van der Waals surface area (Å²) in [6.07, 6.45) is 1.68. The lowest BCUT2D eigenvalue weighted by Gasteiger charge is -2.06. The van der Waals surface area contributed by atoms with Gasteiger partial charge in [-0.3, -0.25) is 4.99 Å². The molecule has 2 aromatic carbocycles. The van der Waals surface area contributed by atoms with Crippen molar-refractivity contribution in [2.75, 3.05) is 7.11 Å². The number of methoxy groups -OCH3 is 1. The molecule has 5 heteroatoms. The van der Waals surface area contributed by atoms with Crippen LogP contribution in [-0.4, -0.2) is 18.4 Å². The van der Waals surface area contributed by atoms with Gasteiger partial charge in [-0.25, -0.2) is 0 Å². The predicted octanol–water partition coefficient (Wildman–Crippen LogP) is 4.57. The average molecular weight is 341 g/mol. The number of halogens is 2. The summed E-state index contributed by atoms with van der Waals surface area (Å²) < 4.78 is 5.63. The van der Waals surface area contributed by atoms with Crippen LogP contribution in [0.25, 0.3) is 0 Å². The van der Waals surface area contributed by atoms with E-state index in [2.05, 4.69) is 20.9 Å². The molecule has 0 spiro atoms. The zero-order chi connectivity index (χ0) is 13.8. The monoisotopic (exact) mass is 339 g/mol. The molecule has 0 heterocycles. The molecule has 0 aromatic heterocycles. The first-order valence-corrected chi connectivity index (χ1v) is 6.63. The normalized spacial score (nSPS) is 10.9. The predicted molar refractivity (Wildman–Crippen MR) is 81.1 cm³/mol. The summed E-state index contributed by atoms with van der Waals surface area (Å²) in [5.41, 5.74) is 1.57. The van der Waals surface area contributed by atoms with E-state index in [1.54, 1.807) is 30.5 Å². The first-order valence-electron chi connectivity index (χ1n) is 5.46. The molecule has 2 rings (SSSR count). The molecule has 2 aromatic rings. The first-order chi connectivity index (χ1) is 9.10. The lowest BCUT2D eigenvalue weighted by Crippen LogP contribution is -1.88. The standard InChI is InChI=1S/C14H11BrClNO2/c1-19-13-6-9(5-12(15)14(13)18)8-17-11-4-2-3-10(16)7-11/h2-8,18H,1H3. The van der Waals surface area contributed by atoms with E-state index in [9.17, 15) is 5.11 Å². The number of hydrogen-bond acceptors (Lipinski definition) is 3. The van der Waals surface area contributed by atoms with Crippen LogP contribution in [0, 0.1) is 0 Å². The third kappa shape index (κ3) is 3.49. The fraction of sp³-hybridized carbons (Fsp3) is 0.0714. The van der Waals surface area contributed by atoms with Crippen LogP contribution in [0.3, 0.4) is 0 Å². The Kier molecular flexibility index (Phi) is 4.45. The molecule has 0 radical (unpaired) electrons. The second-order valence-corrected chi connectivity index (χ2v) is 5.08. The molecule has 0 fully saturated rings. The number of rotatable bonds is 3. The number of aliphatic imine (C=N–C) groups is 1. The van der Waals surface area contributed by atoms with Gasteiger partial charge < -0.3 is 9.84 Å². The van der Waals surface area contributed by atoms with E-state index < -0.39 is 0 Å². The molecule has 0 aliphatic carbocycles. The van der Waals surface area contributed by atoms with Crippen molar-refractivity contribution in [3.05, 3.63) is 51.5 Å². The molecule has 19 heavy (non-hydrogen) atoms. The fourth-order valence-electron chi connectivity index (χ4n) is 1.53. The number of ether oxygens (including phenoxy) is 1. The van der Waals surface area contributed by atoms with E-state index >= 15 is 0 Å². The van der Waals surface area contributed by atoms with E-state index in [-0.39, 0.29) is 5.75 Å². The van der Waals surface area contributed by atoms with E-state index in [0.29, 0.717) is 15.2 Å². The highest BCUT2D eigenvalue weighted by Gasteiger charge is 2.07. The van der Waals surface area contributed by atoms with Gasteiger partial charge in [0.05, 0.1) is 17.3 Å². The summed E-state index contributed by atoms with van der Waals surface area (Å²) in [4.78, 5) is 4.32. The third-order valence-electron chi connectivity index (χ3n) is 2.44. The van der Waals surface area contributed by atoms with Gasteiger partial charge in [-0.15, -0.1) is 0 Å². The zero-order valence-corrected chi connectivity index (χ0v) is 12.4. The molecule has 0 atom stereocenters. The van der Waals surface area contributed by atoms with Crippen molar-refractivity contribution in [3.8, 4) is 11.5 Å². The van der Waals surface area contributed by atoms with Crippen LogP contribution in [-0.2, 0) is 0 Å². The maximum atomic E-state index is 9.71. The van der Waals surface area contributed by atoms with Crippen molar-refractivity contribution in [3.63, 3.8) is 0 Å². The molecule has 1 N–H and O–H groups in total. The minimum Gasteiger partial charge on any atom is -0.503 e. The number of benzene rings is 2. The lowest BCUT2D eigenvalue weighted by atomic mass is 10.2. The zero-order valence-electron chi connectivity index (χ0n) is 10.1. The summed E-state index contributed by atoms with van der Waals surface area (Å²) in [5, 5.41) is 10.3. The molecular formula is C14H11BrClNO2. The SMILES string of the molecule is COc1cc(C=Nc2cccc(Cl)c2)cc(Br)c1O. The minimum atomic E-state index is 0.0717. The van der Waals surface area contributed by atoms with Crippen LogP contribution in [0.2, 0.25) is 5.02 Å². The second-order valence-electron chi connectivity index (χ2n) is 3.79. The highest BCUT2D eigenvalue weighted by Crippen LogP contribution is 2.34. The topological polar surface area (TPSA) is 41.8 Å². The van der Waals surface area contributed by atoms with Crippen molar-refractivity contribution in [1.82, 2.24) is 0 Å². The number of hydrogen-bond donors (Lipinski definition) is 1. The molecule has 98 valence electrons. The molecule has 0 aliphatic heterocycles. The van der Waals surface area contributed by atoms with Gasteiger partial charge in [-0.1, -0.05) is 17.7 Å². The maximum Gasteiger partial charge on any atom is 0.172 e. The van der Waals surface area contributed by atoms with E-state index in [4.69, 9.17) is 16.3 Å². The average Bonchev–Trinajstić information content (AvgIpc) is 2.40. The van der Waals surface area contributed by atoms with Crippen molar-refractivity contribution in [2.24, 2.45) is 4.99 Å². The Hall–Kier alpha value is -1.52. The van der Waals surface area contributed by atoms with Gasteiger partial charge in [0.1, 0.15) is 0 Å². The second kappa shape index (κ2) is 6.08. The molecule has 0 saturated carbocycles. The largest absolute Gasteiger partial charge is 0.503 e. The van der Waals surface area contributed by atoms with Crippen LogP contribution in [0.15, 0.2) is 45.9 Å². The summed E-state index contributed by atoms with van der Waals surface area (Å²) in [5.74, 6) is 0.462. The number of nitrogens with zero attached hydrogens (tertiary/aromatic N) is 1. The summed E-state index contributed by atoms with van der Waals surface area (Å²) in [6, 6.07) is 10.7. The fourth-order valence-corrected chi connectivity index (χ4v) is 2.17. The summed E-state index contributed by atoms with van der Waals surface area (Å²) >= 11 is 9.15. The molecule has 0 amide bonds. The van der Waals surface area contributed by atoms with Gasteiger partial charge in [0, 0.05) is 11.2 Å². The van der Waals surface area contributed by atoms with Crippen LogP contribution >= 0.6 is 27.5 Å². The maximum absolute atomic E-state index is 9.71. The van der Waals surface area contributed by atoms with Gasteiger partial charge >= 0.3 is 0 Å². The number of phenols is 1. The van der Waals surface area contributed by atoms with Crippen LogP contribution in [0.1, 0.15) is 5.56 Å². The molecule has 0 bridgehead atoms.